The molecule has 0 unspecified atom stereocenters. The van der Waals surface area contributed by atoms with E-state index in [9.17, 15) is 14.3 Å². The van der Waals surface area contributed by atoms with E-state index in [1.54, 1.807) is 13.2 Å². The van der Waals surface area contributed by atoms with E-state index in [1.807, 2.05) is 11.9 Å². The maximum absolute atomic E-state index is 14.1. The van der Waals surface area contributed by atoms with Gasteiger partial charge in [0.25, 0.3) is 5.91 Å². The molecule has 7 heteroatoms. The summed E-state index contributed by atoms with van der Waals surface area (Å²) in [6.45, 7) is 1.99. The van der Waals surface area contributed by atoms with Gasteiger partial charge >= 0.3 is 0 Å². The van der Waals surface area contributed by atoms with Gasteiger partial charge in [0.1, 0.15) is 11.6 Å². The molecule has 0 bridgehead atoms. The Kier molecular flexibility index (Phi) is 6.75. The topological polar surface area (TPSA) is 62.2 Å². The van der Waals surface area contributed by atoms with Gasteiger partial charge in [0, 0.05) is 38.9 Å². The number of piperidine rings is 1. The Morgan fingerprint density at radius 2 is 2.16 bits per heavy atom. The highest BCUT2D eigenvalue weighted by atomic mass is 19.1. The van der Waals surface area contributed by atoms with Gasteiger partial charge in [0.2, 0.25) is 0 Å². The molecule has 0 aromatic heterocycles. The van der Waals surface area contributed by atoms with Gasteiger partial charge in [0.05, 0.1) is 13.7 Å². The highest BCUT2D eigenvalue weighted by Crippen LogP contribution is 2.26. The highest BCUT2D eigenvalue weighted by Gasteiger charge is 2.42. The number of carbonyl (C=O) groups excluding carboxylic acids is 1. The van der Waals surface area contributed by atoms with Crippen molar-refractivity contribution in [2.45, 2.75) is 25.0 Å². The van der Waals surface area contributed by atoms with Crippen LogP contribution in [-0.4, -0.2) is 73.9 Å². The van der Waals surface area contributed by atoms with Crippen molar-refractivity contribution in [3.05, 3.63) is 29.6 Å². The number of hydrogen-bond acceptors (Lipinski definition) is 5. The smallest absolute Gasteiger partial charge is 0.256 e. The van der Waals surface area contributed by atoms with E-state index in [0.717, 1.165) is 0 Å². The van der Waals surface area contributed by atoms with E-state index in [4.69, 9.17) is 9.47 Å². The lowest BCUT2D eigenvalue weighted by molar-refractivity contribution is -0.160. The number of rotatable bonds is 8. The number of aliphatic hydroxyl groups is 1. The molecule has 0 radical (unpaired) electrons. The third-order valence-corrected chi connectivity index (χ3v) is 4.53. The molecular weight excluding hydrogens is 327 g/mol. The second-order valence-corrected chi connectivity index (χ2v) is 6.55. The second-order valence-electron chi connectivity index (χ2n) is 6.55. The zero-order valence-electron chi connectivity index (χ0n) is 15.1. The third-order valence-electron chi connectivity index (χ3n) is 4.53. The molecule has 0 saturated carbocycles. The van der Waals surface area contributed by atoms with Crippen LogP contribution in [0.1, 0.15) is 18.4 Å². The van der Waals surface area contributed by atoms with Gasteiger partial charge < -0.3 is 24.4 Å². The quantitative estimate of drug-likeness (QED) is 0.762. The summed E-state index contributed by atoms with van der Waals surface area (Å²) in [7, 11) is 4.96. The Labute approximate surface area is 148 Å². The van der Waals surface area contributed by atoms with E-state index in [0.29, 0.717) is 43.9 Å². The minimum absolute atomic E-state index is 0.117. The molecule has 1 heterocycles. The average molecular weight is 354 g/mol. The average Bonchev–Trinajstić information content (AvgIpc) is 2.59. The summed E-state index contributed by atoms with van der Waals surface area (Å²) in [6.07, 6.45) is 1.08. The van der Waals surface area contributed by atoms with Gasteiger partial charge in [-0.15, -0.1) is 0 Å². The largest absolute Gasteiger partial charge is 0.497 e. The fourth-order valence-corrected chi connectivity index (χ4v) is 3.14. The van der Waals surface area contributed by atoms with Crippen LogP contribution in [0.15, 0.2) is 18.2 Å². The molecular formula is C18H27FN2O4. The summed E-state index contributed by atoms with van der Waals surface area (Å²) in [4.78, 5) is 16.2. The molecule has 1 aliphatic heterocycles. The van der Waals surface area contributed by atoms with Crippen molar-refractivity contribution >= 4 is 5.91 Å². The third kappa shape index (κ3) is 4.90. The van der Waals surface area contributed by atoms with Gasteiger partial charge in [0.15, 0.2) is 5.60 Å². The molecule has 1 aliphatic rings. The van der Waals surface area contributed by atoms with Crippen molar-refractivity contribution in [1.82, 2.24) is 9.80 Å². The van der Waals surface area contributed by atoms with E-state index in [-0.39, 0.29) is 24.8 Å². The molecule has 25 heavy (non-hydrogen) atoms. The van der Waals surface area contributed by atoms with Crippen LogP contribution in [0.2, 0.25) is 0 Å². The van der Waals surface area contributed by atoms with Gasteiger partial charge in [-0.25, -0.2) is 4.39 Å². The highest BCUT2D eigenvalue weighted by molar-refractivity contribution is 5.86. The maximum Gasteiger partial charge on any atom is 0.256 e. The van der Waals surface area contributed by atoms with Crippen molar-refractivity contribution in [3.8, 4) is 5.75 Å². The zero-order chi connectivity index (χ0) is 18.4. The van der Waals surface area contributed by atoms with E-state index in [1.165, 1.54) is 24.1 Å². The lowest BCUT2D eigenvalue weighted by Gasteiger charge is -2.40. The number of benzene rings is 1. The van der Waals surface area contributed by atoms with Crippen molar-refractivity contribution in [1.29, 1.82) is 0 Å². The number of hydrogen-bond donors (Lipinski definition) is 1. The van der Waals surface area contributed by atoms with Gasteiger partial charge in [-0.1, -0.05) is 0 Å². The summed E-state index contributed by atoms with van der Waals surface area (Å²) >= 11 is 0. The first-order valence-electron chi connectivity index (χ1n) is 8.41. The SMILES string of the molecule is COCCN(C)C[C@@]1(O)CCCN(Cc2cc(OC)ccc2F)C1=O. The van der Waals surface area contributed by atoms with Crippen LogP contribution in [0.25, 0.3) is 0 Å². The molecule has 0 aliphatic carbocycles. The minimum atomic E-state index is -1.45. The molecule has 2 rings (SSSR count). The minimum Gasteiger partial charge on any atom is -0.497 e. The number of likely N-dealkylation sites (N-methyl/N-ethyl adjacent to an activating group) is 1. The molecule has 1 N–H and O–H groups in total. The van der Waals surface area contributed by atoms with E-state index < -0.39 is 5.60 Å². The lowest BCUT2D eigenvalue weighted by Crippen LogP contribution is -2.58. The summed E-state index contributed by atoms with van der Waals surface area (Å²) < 4.78 is 24.2. The van der Waals surface area contributed by atoms with Crippen LogP contribution < -0.4 is 4.74 Å². The molecule has 1 amide bonds. The number of carbonyl (C=O) groups is 1. The molecule has 1 aromatic carbocycles. The van der Waals surface area contributed by atoms with Gasteiger partial charge in [-0.3, -0.25) is 4.79 Å². The fourth-order valence-electron chi connectivity index (χ4n) is 3.14. The van der Waals surface area contributed by atoms with Gasteiger partial charge in [-0.05, 0) is 38.1 Å². The van der Waals surface area contributed by atoms with Crippen LogP contribution in [0.4, 0.5) is 4.39 Å². The van der Waals surface area contributed by atoms with Crippen molar-refractivity contribution in [2.75, 3.05) is 47.5 Å². The maximum atomic E-state index is 14.1. The molecule has 0 spiro atoms. The lowest BCUT2D eigenvalue weighted by atomic mass is 9.90. The van der Waals surface area contributed by atoms with Crippen molar-refractivity contribution in [3.63, 3.8) is 0 Å². The summed E-state index contributed by atoms with van der Waals surface area (Å²) in [6, 6.07) is 4.45. The first kappa shape index (κ1) is 19.6. The molecule has 6 nitrogen and oxygen atoms in total. The van der Waals surface area contributed by atoms with Crippen LogP contribution in [0.3, 0.4) is 0 Å². The van der Waals surface area contributed by atoms with Crippen molar-refractivity contribution < 1.29 is 23.8 Å². The zero-order valence-corrected chi connectivity index (χ0v) is 15.1. The molecule has 1 atom stereocenters. The predicted molar refractivity (Wildman–Crippen MR) is 91.9 cm³/mol. The van der Waals surface area contributed by atoms with Crippen LogP contribution >= 0.6 is 0 Å². The Hall–Kier alpha value is -1.70. The first-order chi connectivity index (χ1) is 11.9. The van der Waals surface area contributed by atoms with Crippen molar-refractivity contribution in [2.24, 2.45) is 0 Å². The number of amides is 1. The Morgan fingerprint density at radius 3 is 2.84 bits per heavy atom. The van der Waals surface area contributed by atoms with E-state index in [2.05, 4.69) is 0 Å². The van der Waals surface area contributed by atoms with E-state index >= 15 is 0 Å². The molecule has 1 fully saturated rings. The Bertz CT molecular complexity index is 598. The number of ether oxygens (including phenoxy) is 2. The van der Waals surface area contributed by atoms with Crippen LogP contribution in [0, 0.1) is 5.82 Å². The molecule has 1 aromatic rings. The van der Waals surface area contributed by atoms with Gasteiger partial charge in [-0.2, -0.15) is 0 Å². The monoisotopic (exact) mass is 354 g/mol. The summed E-state index contributed by atoms with van der Waals surface area (Å²) in [5, 5.41) is 10.8. The number of halogens is 1. The summed E-state index contributed by atoms with van der Waals surface area (Å²) in [5.74, 6) is -0.208. The number of nitrogens with zero attached hydrogens (tertiary/aromatic N) is 2. The standard InChI is InChI=1S/C18H27FN2O4/c1-20(9-10-24-2)13-18(23)7-4-8-21(17(18)22)12-14-11-15(25-3)5-6-16(14)19/h5-6,11,23H,4,7-10,12-13H2,1-3H3/t18-/m0/s1. The second kappa shape index (κ2) is 8.60. The summed E-state index contributed by atoms with van der Waals surface area (Å²) in [5.41, 5.74) is -1.07. The first-order valence-corrected chi connectivity index (χ1v) is 8.41. The predicted octanol–water partition coefficient (Wildman–Crippen LogP) is 1.27. The Morgan fingerprint density at radius 1 is 1.40 bits per heavy atom. The Balaban J connectivity index is 2.08. The molecule has 1 saturated heterocycles. The fraction of sp³-hybridized carbons (Fsp3) is 0.611. The number of methoxy groups -OCH3 is 2. The molecule has 140 valence electrons. The number of likely N-dealkylation sites (tertiary alicyclic amines) is 1. The normalized spacial score (nSPS) is 21.0. The van der Waals surface area contributed by atoms with Crippen LogP contribution in [-0.2, 0) is 16.1 Å². The van der Waals surface area contributed by atoms with Crippen LogP contribution in [0.5, 0.6) is 5.75 Å².